The van der Waals surface area contributed by atoms with Crippen LogP contribution in [-0.4, -0.2) is 59.7 Å². The topological polar surface area (TPSA) is 82.9 Å². The van der Waals surface area contributed by atoms with Gasteiger partial charge in [0.2, 0.25) is 5.91 Å². The fourth-order valence-electron chi connectivity index (χ4n) is 4.26. The molecule has 2 fully saturated rings. The van der Waals surface area contributed by atoms with Gasteiger partial charge in [0.25, 0.3) is 11.8 Å². The highest BCUT2D eigenvalue weighted by Gasteiger charge is 2.33. The van der Waals surface area contributed by atoms with Crippen molar-refractivity contribution in [1.82, 2.24) is 15.1 Å². The monoisotopic (exact) mass is 427 g/mol. The van der Waals surface area contributed by atoms with Crippen LogP contribution in [0.5, 0.6) is 0 Å². The number of halogens is 1. The standard InChI is InChI=1S/C23H26FN3O4/c24-18-5-3-16(4-6-18)21(28)25-19-9-13-26(14-10-19)22(29)17-7-11-27(12-8-17)23(30)20-2-1-15-31-20/h1-6,15,17,19H,7-14H2,(H,25,28). The van der Waals surface area contributed by atoms with E-state index in [-0.39, 0.29) is 35.5 Å². The van der Waals surface area contributed by atoms with Gasteiger partial charge < -0.3 is 19.5 Å². The highest BCUT2D eigenvalue weighted by atomic mass is 19.1. The Balaban J connectivity index is 1.22. The zero-order valence-corrected chi connectivity index (χ0v) is 17.3. The van der Waals surface area contributed by atoms with Crippen LogP contribution < -0.4 is 5.32 Å². The molecule has 31 heavy (non-hydrogen) atoms. The van der Waals surface area contributed by atoms with Gasteiger partial charge in [-0.3, -0.25) is 14.4 Å². The molecule has 0 bridgehead atoms. The van der Waals surface area contributed by atoms with Crippen molar-refractivity contribution in [3.8, 4) is 0 Å². The number of carbonyl (C=O) groups excluding carboxylic acids is 3. The molecule has 8 heteroatoms. The number of hydrogen-bond donors (Lipinski definition) is 1. The van der Waals surface area contributed by atoms with Crippen molar-refractivity contribution in [2.45, 2.75) is 31.7 Å². The predicted molar refractivity (Wildman–Crippen MR) is 111 cm³/mol. The van der Waals surface area contributed by atoms with Gasteiger partial charge in [-0.2, -0.15) is 0 Å². The zero-order valence-electron chi connectivity index (χ0n) is 17.3. The minimum absolute atomic E-state index is 0.00521. The largest absolute Gasteiger partial charge is 0.459 e. The third-order valence-corrected chi connectivity index (χ3v) is 6.11. The Morgan fingerprint density at radius 1 is 0.903 bits per heavy atom. The van der Waals surface area contributed by atoms with Crippen molar-refractivity contribution in [1.29, 1.82) is 0 Å². The fraction of sp³-hybridized carbons (Fsp3) is 0.435. The van der Waals surface area contributed by atoms with Crippen molar-refractivity contribution >= 4 is 17.7 Å². The lowest BCUT2D eigenvalue weighted by atomic mass is 9.93. The van der Waals surface area contributed by atoms with Crippen molar-refractivity contribution in [2.75, 3.05) is 26.2 Å². The lowest BCUT2D eigenvalue weighted by Crippen LogP contribution is -2.50. The molecule has 1 N–H and O–H groups in total. The van der Waals surface area contributed by atoms with E-state index >= 15 is 0 Å². The number of rotatable bonds is 4. The Morgan fingerprint density at radius 2 is 1.55 bits per heavy atom. The maximum absolute atomic E-state index is 13.0. The first kappa shape index (κ1) is 21.1. The molecule has 0 aliphatic carbocycles. The average Bonchev–Trinajstić information content (AvgIpc) is 3.34. The third kappa shape index (κ3) is 4.95. The number of amides is 3. The maximum atomic E-state index is 13.0. The summed E-state index contributed by atoms with van der Waals surface area (Å²) in [5, 5.41) is 2.97. The van der Waals surface area contributed by atoms with Crippen LogP contribution in [0, 0.1) is 11.7 Å². The molecule has 0 radical (unpaired) electrons. The average molecular weight is 427 g/mol. The molecule has 3 amide bonds. The second kappa shape index (κ2) is 9.32. The van der Waals surface area contributed by atoms with Crippen molar-refractivity contribution in [3.63, 3.8) is 0 Å². The first-order valence-electron chi connectivity index (χ1n) is 10.7. The molecule has 2 saturated heterocycles. The fourth-order valence-corrected chi connectivity index (χ4v) is 4.26. The summed E-state index contributed by atoms with van der Waals surface area (Å²) in [4.78, 5) is 41.2. The molecule has 4 rings (SSSR count). The van der Waals surface area contributed by atoms with Crippen molar-refractivity contribution in [3.05, 3.63) is 59.8 Å². The summed E-state index contributed by atoms with van der Waals surface area (Å²) in [6.45, 7) is 2.28. The molecule has 2 aliphatic heterocycles. The summed E-state index contributed by atoms with van der Waals surface area (Å²) < 4.78 is 18.2. The molecule has 7 nitrogen and oxygen atoms in total. The van der Waals surface area contributed by atoms with Gasteiger partial charge in [0.1, 0.15) is 5.82 Å². The maximum Gasteiger partial charge on any atom is 0.289 e. The molecule has 0 saturated carbocycles. The van der Waals surface area contributed by atoms with Crippen LogP contribution in [0.1, 0.15) is 46.6 Å². The van der Waals surface area contributed by atoms with Gasteiger partial charge in [-0.05, 0) is 62.1 Å². The molecule has 3 heterocycles. The smallest absolute Gasteiger partial charge is 0.289 e. The predicted octanol–water partition coefficient (Wildman–Crippen LogP) is 2.69. The van der Waals surface area contributed by atoms with E-state index in [2.05, 4.69) is 5.32 Å². The quantitative estimate of drug-likeness (QED) is 0.813. The lowest BCUT2D eigenvalue weighted by molar-refractivity contribution is -0.138. The van der Waals surface area contributed by atoms with Gasteiger partial charge in [0.15, 0.2) is 5.76 Å². The molecule has 1 aromatic heterocycles. The zero-order chi connectivity index (χ0) is 21.8. The Labute approximate surface area is 180 Å². The lowest BCUT2D eigenvalue weighted by Gasteiger charge is -2.37. The van der Waals surface area contributed by atoms with Gasteiger partial charge >= 0.3 is 0 Å². The molecular weight excluding hydrogens is 401 g/mol. The number of likely N-dealkylation sites (tertiary alicyclic amines) is 2. The van der Waals surface area contributed by atoms with Crippen LogP contribution in [0.25, 0.3) is 0 Å². The Hall–Kier alpha value is -3.16. The highest BCUT2D eigenvalue weighted by Crippen LogP contribution is 2.23. The molecular formula is C23H26FN3O4. The van der Waals surface area contributed by atoms with Crippen molar-refractivity contribution in [2.24, 2.45) is 5.92 Å². The molecule has 0 atom stereocenters. The summed E-state index contributed by atoms with van der Waals surface area (Å²) in [5.74, 6) is -0.347. The van der Waals surface area contributed by atoms with Gasteiger partial charge in [0.05, 0.1) is 6.26 Å². The van der Waals surface area contributed by atoms with Gasteiger partial charge in [0, 0.05) is 43.7 Å². The van der Waals surface area contributed by atoms with E-state index in [1.807, 2.05) is 4.90 Å². The van der Waals surface area contributed by atoms with E-state index < -0.39 is 0 Å². The molecule has 1 aromatic carbocycles. The van der Waals surface area contributed by atoms with Crippen LogP contribution >= 0.6 is 0 Å². The van der Waals surface area contributed by atoms with Crippen LogP contribution in [-0.2, 0) is 4.79 Å². The van der Waals surface area contributed by atoms with Crippen molar-refractivity contribution < 1.29 is 23.2 Å². The second-order valence-electron chi connectivity index (χ2n) is 8.12. The summed E-state index contributed by atoms with van der Waals surface area (Å²) in [7, 11) is 0. The number of furan rings is 1. The number of carbonyl (C=O) groups is 3. The van der Waals surface area contributed by atoms with Gasteiger partial charge in [-0.25, -0.2) is 4.39 Å². The van der Waals surface area contributed by atoms with E-state index in [1.165, 1.54) is 30.5 Å². The summed E-state index contributed by atoms with van der Waals surface area (Å²) in [5.41, 5.74) is 0.427. The number of nitrogens with one attached hydrogen (secondary N) is 1. The molecule has 0 spiro atoms. The Morgan fingerprint density at radius 3 is 2.16 bits per heavy atom. The van der Waals surface area contributed by atoms with E-state index in [9.17, 15) is 18.8 Å². The van der Waals surface area contributed by atoms with Crippen LogP contribution in [0.15, 0.2) is 47.1 Å². The number of piperidine rings is 2. The second-order valence-corrected chi connectivity index (χ2v) is 8.12. The molecule has 2 aromatic rings. The number of hydrogen-bond acceptors (Lipinski definition) is 4. The normalized spacial score (nSPS) is 18.1. The highest BCUT2D eigenvalue weighted by molar-refractivity contribution is 5.94. The minimum Gasteiger partial charge on any atom is -0.459 e. The van der Waals surface area contributed by atoms with Gasteiger partial charge in [-0.1, -0.05) is 0 Å². The summed E-state index contributed by atoms with van der Waals surface area (Å²) in [6, 6.07) is 8.80. The molecule has 164 valence electrons. The minimum atomic E-state index is -0.375. The Bertz CT molecular complexity index is 913. The van der Waals surface area contributed by atoms with E-state index in [1.54, 1.807) is 17.0 Å². The van der Waals surface area contributed by atoms with Gasteiger partial charge in [-0.15, -0.1) is 0 Å². The number of benzene rings is 1. The molecule has 2 aliphatic rings. The first-order valence-corrected chi connectivity index (χ1v) is 10.7. The number of nitrogens with zero attached hydrogens (tertiary/aromatic N) is 2. The summed E-state index contributed by atoms with van der Waals surface area (Å²) >= 11 is 0. The van der Waals surface area contributed by atoms with Crippen LogP contribution in [0.2, 0.25) is 0 Å². The van der Waals surface area contributed by atoms with E-state index in [4.69, 9.17) is 4.42 Å². The molecule has 0 unspecified atom stereocenters. The van der Waals surface area contributed by atoms with E-state index in [0.29, 0.717) is 63.2 Å². The SMILES string of the molecule is O=C(NC1CCN(C(=O)C2CCN(C(=O)c3ccco3)CC2)CC1)c1ccc(F)cc1. The third-order valence-electron chi connectivity index (χ3n) is 6.11. The summed E-state index contributed by atoms with van der Waals surface area (Å²) in [6.07, 6.45) is 4.15. The first-order chi connectivity index (χ1) is 15.0. The van der Waals surface area contributed by atoms with Crippen LogP contribution in [0.3, 0.4) is 0 Å². The van der Waals surface area contributed by atoms with Crippen LogP contribution in [0.4, 0.5) is 4.39 Å². The van der Waals surface area contributed by atoms with E-state index in [0.717, 1.165) is 0 Å². The Kier molecular flexibility index (Phi) is 6.34.